The molecule has 6 heteroatoms. The number of nitrogens with zero attached hydrogens (tertiary/aromatic N) is 5. The van der Waals surface area contributed by atoms with E-state index in [0.29, 0.717) is 13.1 Å². The zero-order valence-corrected chi connectivity index (χ0v) is 14.0. The third-order valence-electron chi connectivity index (χ3n) is 4.53. The number of piperazine rings is 1. The van der Waals surface area contributed by atoms with Crippen LogP contribution in [-0.2, 0) is 4.79 Å². The minimum atomic E-state index is -0.103. The molecule has 1 amide bonds. The van der Waals surface area contributed by atoms with Gasteiger partial charge in [0, 0.05) is 31.1 Å². The maximum absolute atomic E-state index is 12.0. The molecule has 25 heavy (non-hydrogen) atoms. The number of amides is 1. The predicted molar refractivity (Wildman–Crippen MR) is 96.9 cm³/mol. The highest BCUT2D eigenvalue weighted by Gasteiger charge is 2.27. The van der Waals surface area contributed by atoms with Gasteiger partial charge in [-0.15, -0.1) is 0 Å². The summed E-state index contributed by atoms with van der Waals surface area (Å²) in [5, 5.41) is 3.37. The van der Waals surface area contributed by atoms with Crippen LogP contribution in [0.4, 0.5) is 0 Å². The minimum absolute atomic E-state index is 0.0999. The Morgan fingerprint density at radius 1 is 0.960 bits per heavy atom. The Morgan fingerprint density at radius 2 is 1.48 bits per heavy atom. The van der Waals surface area contributed by atoms with Crippen LogP contribution in [-0.4, -0.2) is 48.4 Å². The van der Waals surface area contributed by atoms with E-state index in [2.05, 4.69) is 63.5 Å². The number of carbonyl (C=O) groups is 1. The average Bonchev–Trinajstić information content (AvgIpc) is 2.68. The summed E-state index contributed by atoms with van der Waals surface area (Å²) in [6.07, 6.45) is 0. The minimum Gasteiger partial charge on any atom is -0.340 e. The largest absolute Gasteiger partial charge is 0.340 e. The van der Waals surface area contributed by atoms with Crippen LogP contribution < -0.4 is 0 Å². The van der Waals surface area contributed by atoms with Crippen molar-refractivity contribution >= 4 is 5.91 Å². The molecule has 1 fully saturated rings. The summed E-state index contributed by atoms with van der Waals surface area (Å²) < 4.78 is 0. The topological polar surface area (TPSA) is 72.3 Å². The number of rotatable bonds is 5. The van der Waals surface area contributed by atoms with Crippen molar-refractivity contribution in [1.29, 1.82) is 0 Å². The van der Waals surface area contributed by atoms with Crippen LogP contribution in [0, 0.1) is 0 Å². The van der Waals surface area contributed by atoms with Gasteiger partial charge in [-0.1, -0.05) is 65.8 Å². The Kier molecular flexibility index (Phi) is 5.67. The number of azide groups is 1. The van der Waals surface area contributed by atoms with Crippen LogP contribution in [0.3, 0.4) is 0 Å². The van der Waals surface area contributed by atoms with Crippen molar-refractivity contribution in [2.24, 2.45) is 5.11 Å². The second-order valence-electron chi connectivity index (χ2n) is 6.03. The fourth-order valence-corrected chi connectivity index (χ4v) is 3.31. The first kappa shape index (κ1) is 17.0. The van der Waals surface area contributed by atoms with Crippen molar-refractivity contribution in [2.75, 3.05) is 32.7 Å². The van der Waals surface area contributed by atoms with Gasteiger partial charge in [0.25, 0.3) is 0 Å². The lowest BCUT2D eigenvalue weighted by molar-refractivity contribution is -0.131. The maximum atomic E-state index is 12.0. The molecule has 0 aromatic heterocycles. The second kappa shape index (κ2) is 8.33. The van der Waals surface area contributed by atoms with Gasteiger partial charge in [0.2, 0.25) is 5.91 Å². The van der Waals surface area contributed by atoms with Crippen LogP contribution in [0.15, 0.2) is 65.8 Å². The summed E-state index contributed by atoms with van der Waals surface area (Å²) in [4.78, 5) is 18.9. The molecule has 0 atom stereocenters. The summed E-state index contributed by atoms with van der Waals surface area (Å²) in [5.74, 6) is -0.103. The smallest absolute Gasteiger partial charge is 0.228 e. The highest BCUT2D eigenvalue weighted by molar-refractivity contribution is 5.78. The first-order valence-corrected chi connectivity index (χ1v) is 8.42. The second-order valence-corrected chi connectivity index (χ2v) is 6.03. The molecule has 0 bridgehead atoms. The first-order valence-electron chi connectivity index (χ1n) is 8.42. The van der Waals surface area contributed by atoms with Gasteiger partial charge in [-0.2, -0.15) is 0 Å². The first-order chi connectivity index (χ1) is 12.3. The number of hydrogen-bond acceptors (Lipinski definition) is 3. The quantitative estimate of drug-likeness (QED) is 0.478. The molecule has 0 saturated carbocycles. The highest BCUT2D eigenvalue weighted by Crippen LogP contribution is 2.29. The third-order valence-corrected chi connectivity index (χ3v) is 4.53. The van der Waals surface area contributed by atoms with E-state index in [0.717, 1.165) is 13.1 Å². The van der Waals surface area contributed by atoms with Gasteiger partial charge in [-0.05, 0) is 16.7 Å². The summed E-state index contributed by atoms with van der Waals surface area (Å²) in [6.45, 7) is 2.77. The molecule has 1 aliphatic rings. The van der Waals surface area contributed by atoms with E-state index in [1.807, 2.05) is 12.1 Å². The molecule has 1 heterocycles. The van der Waals surface area contributed by atoms with Crippen LogP contribution in [0.5, 0.6) is 0 Å². The Hall–Kier alpha value is -2.82. The molecule has 1 aliphatic heterocycles. The van der Waals surface area contributed by atoms with E-state index in [4.69, 9.17) is 5.53 Å². The molecule has 2 aromatic rings. The normalized spacial score (nSPS) is 15.0. The maximum Gasteiger partial charge on any atom is 0.228 e. The number of benzene rings is 2. The third kappa shape index (κ3) is 4.18. The Bertz CT molecular complexity index is 695. The van der Waals surface area contributed by atoms with E-state index >= 15 is 0 Å². The number of carbonyl (C=O) groups excluding carboxylic acids is 1. The van der Waals surface area contributed by atoms with E-state index in [1.165, 1.54) is 11.1 Å². The standard InChI is InChI=1S/C19H21N5O/c20-22-21-15-18(25)23-11-13-24(14-12-23)19(16-7-3-1-4-8-16)17-9-5-2-6-10-17/h1-10,19H,11-15H2. The summed E-state index contributed by atoms with van der Waals surface area (Å²) in [6, 6.07) is 21.1. The Balaban J connectivity index is 1.75. The zero-order chi connectivity index (χ0) is 17.5. The fourth-order valence-electron chi connectivity index (χ4n) is 3.31. The number of hydrogen-bond donors (Lipinski definition) is 0. The van der Waals surface area contributed by atoms with Gasteiger partial charge in [-0.3, -0.25) is 9.69 Å². The van der Waals surface area contributed by atoms with Gasteiger partial charge in [0.1, 0.15) is 6.54 Å². The molecule has 3 rings (SSSR count). The van der Waals surface area contributed by atoms with Crippen LogP contribution in [0.2, 0.25) is 0 Å². The van der Waals surface area contributed by atoms with E-state index < -0.39 is 0 Å². The van der Waals surface area contributed by atoms with Crippen molar-refractivity contribution in [3.05, 3.63) is 82.2 Å². The van der Waals surface area contributed by atoms with Crippen LogP contribution in [0.1, 0.15) is 17.2 Å². The molecule has 128 valence electrons. The monoisotopic (exact) mass is 335 g/mol. The molecular weight excluding hydrogens is 314 g/mol. The zero-order valence-electron chi connectivity index (χ0n) is 14.0. The van der Waals surface area contributed by atoms with E-state index in [9.17, 15) is 4.79 Å². The molecule has 0 spiro atoms. The molecular formula is C19H21N5O. The lowest BCUT2D eigenvalue weighted by atomic mass is 9.96. The predicted octanol–water partition coefficient (Wildman–Crippen LogP) is 3.23. The molecule has 1 saturated heterocycles. The average molecular weight is 335 g/mol. The Morgan fingerprint density at radius 3 is 1.96 bits per heavy atom. The van der Waals surface area contributed by atoms with Gasteiger partial charge < -0.3 is 4.90 Å². The van der Waals surface area contributed by atoms with Crippen molar-refractivity contribution in [3.63, 3.8) is 0 Å². The molecule has 0 N–H and O–H groups in total. The van der Waals surface area contributed by atoms with Crippen LogP contribution >= 0.6 is 0 Å². The molecule has 0 unspecified atom stereocenters. The van der Waals surface area contributed by atoms with Gasteiger partial charge in [0.15, 0.2) is 0 Å². The molecule has 0 aliphatic carbocycles. The van der Waals surface area contributed by atoms with E-state index in [1.54, 1.807) is 4.90 Å². The molecule has 0 radical (unpaired) electrons. The fraction of sp³-hybridized carbons (Fsp3) is 0.316. The Labute approximate surface area is 147 Å². The van der Waals surface area contributed by atoms with Crippen molar-refractivity contribution in [1.82, 2.24) is 9.80 Å². The van der Waals surface area contributed by atoms with Crippen LogP contribution in [0.25, 0.3) is 10.4 Å². The molecule has 6 nitrogen and oxygen atoms in total. The van der Waals surface area contributed by atoms with Gasteiger partial charge >= 0.3 is 0 Å². The van der Waals surface area contributed by atoms with Gasteiger partial charge in [0.05, 0.1) is 6.04 Å². The van der Waals surface area contributed by atoms with Crippen molar-refractivity contribution in [2.45, 2.75) is 6.04 Å². The lowest BCUT2D eigenvalue weighted by Gasteiger charge is -2.39. The lowest BCUT2D eigenvalue weighted by Crippen LogP contribution is -2.50. The van der Waals surface area contributed by atoms with Crippen molar-refractivity contribution < 1.29 is 4.79 Å². The summed E-state index contributed by atoms with van der Waals surface area (Å²) in [5.41, 5.74) is 10.9. The van der Waals surface area contributed by atoms with Gasteiger partial charge in [-0.25, -0.2) is 0 Å². The SMILES string of the molecule is [N-]=[N+]=NCC(=O)N1CCN(C(c2ccccc2)c2ccccc2)CC1. The van der Waals surface area contributed by atoms with Crippen molar-refractivity contribution in [3.8, 4) is 0 Å². The highest BCUT2D eigenvalue weighted by atomic mass is 16.2. The summed E-state index contributed by atoms with van der Waals surface area (Å²) >= 11 is 0. The summed E-state index contributed by atoms with van der Waals surface area (Å²) in [7, 11) is 0. The van der Waals surface area contributed by atoms with E-state index in [-0.39, 0.29) is 18.5 Å². The molecule has 2 aromatic carbocycles.